The Morgan fingerprint density at radius 3 is 3.11 bits per heavy atom. The molecule has 0 bridgehead atoms. The first kappa shape index (κ1) is 14.3. The SMILES string of the molecule is COc1ccc(Br)cc1C(C#N)NCC1CCCO1. The van der Waals surface area contributed by atoms with Crippen molar-refractivity contribution in [3.63, 3.8) is 0 Å². The molecule has 1 aliphatic heterocycles. The van der Waals surface area contributed by atoms with Crippen LogP contribution in [0.4, 0.5) is 0 Å². The van der Waals surface area contributed by atoms with E-state index in [2.05, 4.69) is 27.3 Å². The third kappa shape index (κ3) is 3.69. The Balaban J connectivity index is 2.08. The van der Waals surface area contributed by atoms with Crippen LogP contribution in [-0.4, -0.2) is 26.4 Å². The zero-order valence-electron chi connectivity index (χ0n) is 10.9. The summed E-state index contributed by atoms with van der Waals surface area (Å²) in [4.78, 5) is 0. The van der Waals surface area contributed by atoms with E-state index in [4.69, 9.17) is 9.47 Å². The highest BCUT2D eigenvalue weighted by molar-refractivity contribution is 9.10. The van der Waals surface area contributed by atoms with Gasteiger partial charge >= 0.3 is 0 Å². The van der Waals surface area contributed by atoms with E-state index >= 15 is 0 Å². The summed E-state index contributed by atoms with van der Waals surface area (Å²) < 4.78 is 11.8. The zero-order chi connectivity index (χ0) is 13.7. The molecular weight excluding hydrogens is 308 g/mol. The van der Waals surface area contributed by atoms with Crippen molar-refractivity contribution in [2.24, 2.45) is 0 Å². The van der Waals surface area contributed by atoms with Crippen LogP contribution < -0.4 is 10.1 Å². The standard InChI is InChI=1S/C14H17BrN2O2/c1-18-14-5-4-10(15)7-12(14)13(8-16)17-9-11-3-2-6-19-11/h4-5,7,11,13,17H,2-3,6,9H2,1H3. The third-order valence-electron chi connectivity index (χ3n) is 3.21. The van der Waals surface area contributed by atoms with E-state index in [1.165, 1.54) is 0 Å². The van der Waals surface area contributed by atoms with Crippen LogP contribution in [0.15, 0.2) is 22.7 Å². The minimum absolute atomic E-state index is 0.217. The number of ether oxygens (including phenoxy) is 2. The predicted molar refractivity (Wildman–Crippen MR) is 76.0 cm³/mol. The molecule has 19 heavy (non-hydrogen) atoms. The second-order valence-corrected chi connectivity index (χ2v) is 5.41. The molecular formula is C14H17BrN2O2. The average Bonchev–Trinajstić information content (AvgIpc) is 2.93. The van der Waals surface area contributed by atoms with Gasteiger partial charge in [-0.2, -0.15) is 5.26 Å². The van der Waals surface area contributed by atoms with Gasteiger partial charge in [-0.15, -0.1) is 0 Å². The van der Waals surface area contributed by atoms with Crippen LogP contribution in [-0.2, 0) is 4.74 Å². The van der Waals surface area contributed by atoms with Crippen molar-refractivity contribution in [1.82, 2.24) is 5.32 Å². The molecule has 0 saturated carbocycles. The van der Waals surface area contributed by atoms with E-state index in [0.29, 0.717) is 6.54 Å². The Morgan fingerprint density at radius 2 is 2.47 bits per heavy atom. The molecule has 0 amide bonds. The van der Waals surface area contributed by atoms with Gasteiger partial charge in [0, 0.05) is 23.2 Å². The summed E-state index contributed by atoms with van der Waals surface area (Å²) in [6.07, 6.45) is 2.37. The number of halogens is 1. The summed E-state index contributed by atoms with van der Waals surface area (Å²) in [7, 11) is 1.61. The Morgan fingerprint density at radius 1 is 1.63 bits per heavy atom. The summed E-state index contributed by atoms with van der Waals surface area (Å²) in [6.45, 7) is 1.51. The fourth-order valence-electron chi connectivity index (χ4n) is 2.21. The van der Waals surface area contributed by atoms with Crippen LogP contribution >= 0.6 is 15.9 Å². The van der Waals surface area contributed by atoms with Crippen molar-refractivity contribution >= 4 is 15.9 Å². The third-order valence-corrected chi connectivity index (χ3v) is 3.70. The number of nitrogens with zero attached hydrogens (tertiary/aromatic N) is 1. The lowest BCUT2D eigenvalue weighted by Crippen LogP contribution is -2.29. The maximum Gasteiger partial charge on any atom is 0.125 e. The highest BCUT2D eigenvalue weighted by atomic mass is 79.9. The molecule has 1 saturated heterocycles. The molecule has 5 heteroatoms. The monoisotopic (exact) mass is 324 g/mol. The Kier molecular flexibility index (Phi) is 5.20. The van der Waals surface area contributed by atoms with Crippen molar-refractivity contribution in [3.05, 3.63) is 28.2 Å². The molecule has 1 heterocycles. The van der Waals surface area contributed by atoms with E-state index in [9.17, 15) is 5.26 Å². The number of benzene rings is 1. The summed E-state index contributed by atoms with van der Waals surface area (Å²) in [6, 6.07) is 7.55. The van der Waals surface area contributed by atoms with Crippen molar-refractivity contribution in [2.75, 3.05) is 20.3 Å². The predicted octanol–water partition coefficient (Wildman–Crippen LogP) is 2.79. The van der Waals surface area contributed by atoms with E-state index in [-0.39, 0.29) is 6.10 Å². The number of nitriles is 1. The van der Waals surface area contributed by atoms with Gasteiger partial charge in [-0.25, -0.2) is 0 Å². The summed E-state index contributed by atoms with van der Waals surface area (Å²) >= 11 is 3.42. The molecule has 0 radical (unpaired) electrons. The first-order valence-corrected chi connectivity index (χ1v) is 7.12. The highest BCUT2D eigenvalue weighted by Gasteiger charge is 2.20. The van der Waals surface area contributed by atoms with Crippen LogP contribution in [0.2, 0.25) is 0 Å². The molecule has 1 aromatic carbocycles. The van der Waals surface area contributed by atoms with Gasteiger partial charge in [0.05, 0.1) is 19.3 Å². The van der Waals surface area contributed by atoms with Crippen molar-refractivity contribution in [1.29, 1.82) is 5.26 Å². The largest absolute Gasteiger partial charge is 0.496 e. The molecule has 0 aliphatic carbocycles. The van der Waals surface area contributed by atoms with Gasteiger partial charge in [0.15, 0.2) is 0 Å². The molecule has 0 spiro atoms. The molecule has 102 valence electrons. The second-order valence-electron chi connectivity index (χ2n) is 4.49. The number of hydrogen-bond donors (Lipinski definition) is 1. The summed E-state index contributed by atoms with van der Waals surface area (Å²) in [5, 5.41) is 12.6. The molecule has 4 nitrogen and oxygen atoms in total. The molecule has 1 aromatic rings. The minimum Gasteiger partial charge on any atom is -0.496 e. The Labute approximate surface area is 121 Å². The van der Waals surface area contributed by atoms with Crippen molar-refractivity contribution in [3.8, 4) is 11.8 Å². The van der Waals surface area contributed by atoms with E-state index in [1.807, 2.05) is 18.2 Å². The van der Waals surface area contributed by atoms with Gasteiger partial charge in [0.1, 0.15) is 11.8 Å². The van der Waals surface area contributed by atoms with Gasteiger partial charge < -0.3 is 9.47 Å². The number of methoxy groups -OCH3 is 1. The Bertz CT molecular complexity index is 467. The Hall–Kier alpha value is -1.09. The zero-order valence-corrected chi connectivity index (χ0v) is 12.4. The number of nitrogens with one attached hydrogen (secondary N) is 1. The topological polar surface area (TPSA) is 54.3 Å². The smallest absolute Gasteiger partial charge is 0.125 e. The molecule has 2 rings (SSSR count). The van der Waals surface area contributed by atoms with Gasteiger partial charge in [-0.3, -0.25) is 5.32 Å². The van der Waals surface area contributed by atoms with Crippen LogP contribution in [0.25, 0.3) is 0 Å². The van der Waals surface area contributed by atoms with Crippen molar-refractivity contribution in [2.45, 2.75) is 25.0 Å². The molecule has 2 unspecified atom stereocenters. The fraction of sp³-hybridized carbons (Fsp3) is 0.500. The quantitative estimate of drug-likeness (QED) is 0.904. The van der Waals surface area contributed by atoms with Crippen molar-refractivity contribution < 1.29 is 9.47 Å². The summed E-state index contributed by atoms with van der Waals surface area (Å²) in [5.74, 6) is 0.717. The second kappa shape index (κ2) is 6.90. The van der Waals surface area contributed by atoms with Crippen LogP contribution in [0, 0.1) is 11.3 Å². The van der Waals surface area contributed by atoms with E-state index in [0.717, 1.165) is 35.2 Å². The maximum absolute atomic E-state index is 9.34. The highest BCUT2D eigenvalue weighted by Crippen LogP contribution is 2.28. The lowest BCUT2D eigenvalue weighted by molar-refractivity contribution is 0.109. The average molecular weight is 325 g/mol. The first-order chi connectivity index (χ1) is 9.24. The molecule has 1 fully saturated rings. The van der Waals surface area contributed by atoms with Gasteiger partial charge in [0.25, 0.3) is 0 Å². The number of rotatable bonds is 5. The van der Waals surface area contributed by atoms with E-state index in [1.54, 1.807) is 7.11 Å². The lowest BCUT2D eigenvalue weighted by Gasteiger charge is -2.17. The molecule has 1 aliphatic rings. The molecule has 0 aromatic heterocycles. The van der Waals surface area contributed by atoms with Crippen LogP contribution in [0.1, 0.15) is 24.4 Å². The maximum atomic E-state index is 9.34. The molecule has 2 atom stereocenters. The van der Waals surface area contributed by atoms with Gasteiger partial charge in [-0.1, -0.05) is 15.9 Å². The normalized spacial score (nSPS) is 19.9. The van der Waals surface area contributed by atoms with Crippen LogP contribution in [0.5, 0.6) is 5.75 Å². The van der Waals surface area contributed by atoms with E-state index < -0.39 is 6.04 Å². The lowest BCUT2D eigenvalue weighted by atomic mass is 10.1. The minimum atomic E-state index is -0.392. The van der Waals surface area contributed by atoms with Gasteiger partial charge in [-0.05, 0) is 31.0 Å². The fourth-order valence-corrected chi connectivity index (χ4v) is 2.59. The first-order valence-electron chi connectivity index (χ1n) is 6.32. The van der Waals surface area contributed by atoms with Gasteiger partial charge in [0.2, 0.25) is 0 Å². The molecule has 1 N–H and O–H groups in total. The van der Waals surface area contributed by atoms with Crippen LogP contribution in [0.3, 0.4) is 0 Å². The summed E-state index contributed by atoms with van der Waals surface area (Å²) in [5.41, 5.74) is 0.845. The number of hydrogen-bond acceptors (Lipinski definition) is 4.